The Bertz CT molecular complexity index is 426. The molecule has 1 aromatic carbocycles. The molecule has 0 aromatic heterocycles. The Morgan fingerprint density at radius 2 is 2.06 bits per heavy atom. The number of carboxylic acids is 1. The zero-order chi connectivity index (χ0) is 13.5. The number of hydrogen-bond donors (Lipinski definition) is 1. The number of aliphatic carboxylic acids is 1. The number of carbonyl (C=O) groups excluding carboxylic acids is 1. The summed E-state index contributed by atoms with van der Waals surface area (Å²) in [4.78, 5) is 22.5. The molecule has 0 amide bonds. The van der Waals surface area contributed by atoms with E-state index in [1.807, 2.05) is 6.92 Å². The molecule has 0 unspecified atom stereocenters. The van der Waals surface area contributed by atoms with Gasteiger partial charge in [0, 0.05) is 18.4 Å². The normalized spacial score (nSPS) is 11.9. The quantitative estimate of drug-likeness (QED) is 0.756. The van der Waals surface area contributed by atoms with E-state index < -0.39 is 5.97 Å². The number of carboxylic acid groups (broad SMARTS) is 1. The number of carbonyl (C=O) groups is 2. The number of Topliss-reactive ketones (excluding diaryl/α,β-unsaturated/α-hetero) is 1. The maximum atomic E-state index is 11.9. The van der Waals surface area contributed by atoms with Gasteiger partial charge in [-0.2, -0.15) is 0 Å². The maximum Gasteiger partial charge on any atom is 0.303 e. The molecule has 0 saturated heterocycles. The van der Waals surface area contributed by atoms with E-state index in [0.717, 1.165) is 0 Å². The van der Waals surface area contributed by atoms with Crippen LogP contribution in [0, 0.1) is 5.92 Å². The van der Waals surface area contributed by atoms with E-state index in [1.165, 1.54) is 0 Å². The highest BCUT2D eigenvalue weighted by Gasteiger charge is 2.14. The summed E-state index contributed by atoms with van der Waals surface area (Å²) in [5, 5.41) is 8.65. The van der Waals surface area contributed by atoms with Gasteiger partial charge in [-0.15, -0.1) is 0 Å². The van der Waals surface area contributed by atoms with Crippen LogP contribution in [-0.2, 0) is 4.79 Å². The third-order valence-electron chi connectivity index (χ3n) is 2.52. The lowest BCUT2D eigenvalue weighted by molar-refractivity contribution is -0.137. The van der Waals surface area contributed by atoms with Crippen molar-refractivity contribution in [1.29, 1.82) is 0 Å². The summed E-state index contributed by atoms with van der Waals surface area (Å²) in [5.41, 5.74) is 0.568. The molecule has 0 bridgehead atoms. The third kappa shape index (κ3) is 4.57. The molecule has 0 heterocycles. The highest BCUT2D eigenvalue weighted by molar-refractivity contribution is 5.96. The van der Waals surface area contributed by atoms with Gasteiger partial charge in [0.05, 0.1) is 6.61 Å². The Kier molecular flexibility index (Phi) is 5.36. The summed E-state index contributed by atoms with van der Waals surface area (Å²) < 4.78 is 5.32. The van der Waals surface area contributed by atoms with Crippen LogP contribution in [0.3, 0.4) is 0 Å². The molecule has 0 aliphatic rings. The SMILES string of the molecule is CCOc1cccc(C(=O)C[C@H](C)CC(=O)O)c1. The fourth-order valence-corrected chi connectivity index (χ4v) is 1.73. The van der Waals surface area contributed by atoms with Crippen LogP contribution in [0.1, 0.15) is 37.0 Å². The van der Waals surface area contributed by atoms with Crippen LogP contribution in [0.5, 0.6) is 5.75 Å². The van der Waals surface area contributed by atoms with Crippen molar-refractivity contribution in [3.8, 4) is 5.75 Å². The molecule has 1 rings (SSSR count). The summed E-state index contributed by atoms with van der Waals surface area (Å²) >= 11 is 0. The zero-order valence-corrected chi connectivity index (χ0v) is 10.7. The van der Waals surface area contributed by atoms with Gasteiger partial charge in [0.15, 0.2) is 5.78 Å². The van der Waals surface area contributed by atoms with Crippen molar-refractivity contribution in [2.24, 2.45) is 5.92 Å². The van der Waals surface area contributed by atoms with E-state index in [0.29, 0.717) is 17.9 Å². The van der Waals surface area contributed by atoms with Crippen LogP contribution in [0.4, 0.5) is 0 Å². The fraction of sp³-hybridized carbons (Fsp3) is 0.429. The summed E-state index contributed by atoms with van der Waals surface area (Å²) in [6, 6.07) is 6.97. The molecule has 0 spiro atoms. The molecule has 0 saturated carbocycles. The maximum absolute atomic E-state index is 11.9. The highest BCUT2D eigenvalue weighted by Crippen LogP contribution is 2.17. The number of hydrogen-bond acceptors (Lipinski definition) is 3. The molecule has 1 N–H and O–H groups in total. The predicted octanol–water partition coefficient (Wildman–Crippen LogP) is 2.77. The zero-order valence-electron chi connectivity index (χ0n) is 10.7. The van der Waals surface area contributed by atoms with E-state index in [1.54, 1.807) is 31.2 Å². The standard InChI is InChI=1S/C14H18O4/c1-3-18-12-6-4-5-11(9-12)13(15)7-10(2)8-14(16)17/h4-6,9-10H,3,7-8H2,1-2H3,(H,16,17)/t10-/m0/s1. The molecule has 0 radical (unpaired) electrons. The Labute approximate surface area is 107 Å². The average molecular weight is 250 g/mol. The van der Waals surface area contributed by atoms with Crippen LogP contribution in [0.2, 0.25) is 0 Å². The second kappa shape index (κ2) is 6.79. The molecule has 1 aromatic rings. The van der Waals surface area contributed by atoms with Crippen molar-refractivity contribution in [1.82, 2.24) is 0 Å². The molecule has 4 nitrogen and oxygen atoms in total. The van der Waals surface area contributed by atoms with Crippen molar-refractivity contribution in [2.75, 3.05) is 6.61 Å². The molecule has 0 aliphatic heterocycles. The molecular weight excluding hydrogens is 232 g/mol. The second-order valence-electron chi connectivity index (χ2n) is 4.29. The van der Waals surface area contributed by atoms with Gasteiger partial charge in [-0.25, -0.2) is 0 Å². The van der Waals surface area contributed by atoms with Crippen LogP contribution in [0.15, 0.2) is 24.3 Å². The first-order chi connectivity index (χ1) is 8.52. The monoisotopic (exact) mass is 250 g/mol. The van der Waals surface area contributed by atoms with Crippen molar-refractivity contribution in [2.45, 2.75) is 26.7 Å². The molecule has 0 aliphatic carbocycles. The van der Waals surface area contributed by atoms with Gasteiger partial charge in [-0.05, 0) is 25.0 Å². The van der Waals surface area contributed by atoms with E-state index in [2.05, 4.69) is 0 Å². The topological polar surface area (TPSA) is 63.6 Å². The van der Waals surface area contributed by atoms with Gasteiger partial charge >= 0.3 is 5.97 Å². The molecule has 1 atom stereocenters. The minimum atomic E-state index is -0.877. The summed E-state index contributed by atoms with van der Waals surface area (Å²) in [6.45, 7) is 4.19. The average Bonchev–Trinajstić information content (AvgIpc) is 2.28. The van der Waals surface area contributed by atoms with E-state index in [-0.39, 0.29) is 24.5 Å². The first-order valence-corrected chi connectivity index (χ1v) is 6.00. The molecular formula is C14H18O4. The second-order valence-corrected chi connectivity index (χ2v) is 4.29. The minimum Gasteiger partial charge on any atom is -0.494 e. The number of ether oxygens (including phenoxy) is 1. The smallest absolute Gasteiger partial charge is 0.303 e. The third-order valence-corrected chi connectivity index (χ3v) is 2.52. The van der Waals surface area contributed by atoms with Crippen molar-refractivity contribution in [3.05, 3.63) is 29.8 Å². The largest absolute Gasteiger partial charge is 0.494 e. The molecule has 98 valence electrons. The van der Waals surface area contributed by atoms with Crippen LogP contribution < -0.4 is 4.74 Å². The first kappa shape index (κ1) is 14.2. The predicted molar refractivity (Wildman–Crippen MR) is 68.0 cm³/mol. The Morgan fingerprint density at radius 3 is 2.67 bits per heavy atom. The summed E-state index contributed by atoms with van der Waals surface area (Å²) in [6.07, 6.45) is 0.249. The van der Waals surface area contributed by atoms with E-state index in [4.69, 9.17) is 9.84 Å². The van der Waals surface area contributed by atoms with Gasteiger partial charge in [-0.1, -0.05) is 19.1 Å². The van der Waals surface area contributed by atoms with E-state index >= 15 is 0 Å². The van der Waals surface area contributed by atoms with Gasteiger partial charge in [-0.3, -0.25) is 9.59 Å². The Balaban J connectivity index is 2.66. The Morgan fingerprint density at radius 1 is 1.33 bits per heavy atom. The highest BCUT2D eigenvalue weighted by atomic mass is 16.5. The van der Waals surface area contributed by atoms with Crippen molar-refractivity contribution < 1.29 is 19.4 Å². The minimum absolute atomic E-state index is 0.0108. The molecule has 4 heteroatoms. The fourth-order valence-electron chi connectivity index (χ4n) is 1.73. The van der Waals surface area contributed by atoms with Crippen LogP contribution in [0.25, 0.3) is 0 Å². The lowest BCUT2D eigenvalue weighted by Gasteiger charge is -2.09. The van der Waals surface area contributed by atoms with E-state index in [9.17, 15) is 9.59 Å². The van der Waals surface area contributed by atoms with Gasteiger partial charge in [0.2, 0.25) is 0 Å². The number of ketones is 1. The summed E-state index contributed by atoms with van der Waals surface area (Å²) in [5.74, 6) is -0.427. The van der Waals surface area contributed by atoms with Gasteiger partial charge < -0.3 is 9.84 Å². The molecule has 18 heavy (non-hydrogen) atoms. The van der Waals surface area contributed by atoms with Crippen LogP contribution >= 0.6 is 0 Å². The van der Waals surface area contributed by atoms with Crippen LogP contribution in [-0.4, -0.2) is 23.5 Å². The van der Waals surface area contributed by atoms with Gasteiger partial charge in [0.1, 0.15) is 5.75 Å². The lowest BCUT2D eigenvalue weighted by atomic mass is 9.97. The lowest BCUT2D eigenvalue weighted by Crippen LogP contribution is -2.10. The number of rotatable bonds is 7. The number of benzene rings is 1. The first-order valence-electron chi connectivity index (χ1n) is 6.00. The molecule has 0 fully saturated rings. The van der Waals surface area contributed by atoms with Gasteiger partial charge in [0.25, 0.3) is 0 Å². The van der Waals surface area contributed by atoms with Crippen molar-refractivity contribution >= 4 is 11.8 Å². The summed E-state index contributed by atoms with van der Waals surface area (Å²) in [7, 11) is 0. The van der Waals surface area contributed by atoms with Crippen molar-refractivity contribution in [3.63, 3.8) is 0 Å². The Hall–Kier alpha value is -1.84.